The van der Waals surface area contributed by atoms with Crippen LogP contribution in [0.1, 0.15) is 60.4 Å². The van der Waals surface area contributed by atoms with Gasteiger partial charge in [-0.2, -0.15) is 10.2 Å². The highest BCUT2D eigenvalue weighted by atomic mass is 16.4. The quantitative estimate of drug-likeness (QED) is 0.862. The molecule has 1 amide bonds. The largest absolute Gasteiger partial charge is 0.425 e. The number of hydrogen-bond donors (Lipinski definition) is 0. The molecule has 1 aliphatic rings. The zero-order chi connectivity index (χ0) is 16.4. The Morgan fingerprint density at radius 3 is 2.91 bits per heavy atom. The molecule has 3 rings (SSSR count). The van der Waals surface area contributed by atoms with E-state index >= 15 is 0 Å². The van der Waals surface area contributed by atoms with Gasteiger partial charge in [0, 0.05) is 19.0 Å². The molecule has 2 aromatic rings. The van der Waals surface area contributed by atoms with E-state index in [2.05, 4.69) is 20.4 Å². The fourth-order valence-corrected chi connectivity index (χ4v) is 3.08. The monoisotopic (exact) mass is 315 g/mol. The van der Waals surface area contributed by atoms with Crippen LogP contribution in [0.5, 0.6) is 0 Å². The van der Waals surface area contributed by atoms with Crippen LogP contribution in [0.2, 0.25) is 0 Å². The number of amides is 1. The minimum Gasteiger partial charge on any atom is -0.425 e. The van der Waals surface area contributed by atoms with Gasteiger partial charge in [-0.05, 0) is 32.8 Å². The summed E-state index contributed by atoms with van der Waals surface area (Å²) < 4.78 is 5.71. The number of aromatic nitrogens is 4. The number of rotatable bonds is 3. The standard InChI is InChI=1S/C16H21N5O2/c1-4-14-19-20-15(23-14)13-6-5-7-21(11(13)3)16(22)12-8-10(2)18-17-9-12/h8-9,11,13H,4-7H2,1-3H3/t11-,13-/m0/s1. The van der Waals surface area contributed by atoms with Crippen molar-refractivity contribution in [3.63, 3.8) is 0 Å². The second-order valence-electron chi connectivity index (χ2n) is 5.96. The fraction of sp³-hybridized carbons (Fsp3) is 0.562. The smallest absolute Gasteiger partial charge is 0.255 e. The molecule has 1 saturated heterocycles. The lowest BCUT2D eigenvalue weighted by atomic mass is 9.89. The van der Waals surface area contributed by atoms with E-state index < -0.39 is 0 Å². The maximum atomic E-state index is 12.8. The van der Waals surface area contributed by atoms with Crippen molar-refractivity contribution in [2.75, 3.05) is 6.54 Å². The Bertz CT molecular complexity index is 699. The Morgan fingerprint density at radius 1 is 1.39 bits per heavy atom. The van der Waals surface area contributed by atoms with E-state index in [0.29, 0.717) is 17.3 Å². The number of aryl methyl sites for hydroxylation is 2. The van der Waals surface area contributed by atoms with Gasteiger partial charge in [-0.25, -0.2) is 0 Å². The molecule has 7 nitrogen and oxygen atoms in total. The molecule has 2 atom stereocenters. The molecule has 0 radical (unpaired) electrons. The Balaban J connectivity index is 1.81. The molecule has 0 N–H and O–H groups in total. The molecule has 0 spiro atoms. The van der Waals surface area contributed by atoms with Crippen LogP contribution < -0.4 is 0 Å². The first-order chi connectivity index (χ1) is 11.1. The van der Waals surface area contributed by atoms with E-state index in [4.69, 9.17) is 4.42 Å². The van der Waals surface area contributed by atoms with Gasteiger partial charge in [-0.1, -0.05) is 6.92 Å². The molecule has 1 aliphatic heterocycles. The van der Waals surface area contributed by atoms with E-state index in [0.717, 1.165) is 31.5 Å². The SMILES string of the molecule is CCc1nnc([C@H]2CCCN(C(=O)c3cnnc(C)c3)[C@H]2C)o1. The molecular weight excluding hydrogens is 294 g/mol. The van der Waals surface area contributed by atoms with Crippen LogP contribution in [0.25, 0.3) is 0 Å². The summed E-state index contributed by atoms with van der Waals surface area (Å²) in [5, 5.41) is 16.0. The van der Waals surface area contributed by atoms with Crippen LogP contribution in [0.15, 0.2) is 16.7 Å². The minimum atomic E-state index is -0.0181. The van der Waals surface area contributed by atoms with Gasteiger partial charge in [0.15, 0.2) is 0 Å². The molecule has 3 heterocycles. The predicted molar refractivity (Wildman–Crippen MR) is 82.9 cm³/mol. The molecule has 122 valence electrons. The second kappa shape index (κ2) is 6.44. The van der Waals surface area contributed by atoms with Crippen molar-refractivity contribution < 1.29 is 9.21 Å². The normalized spacial score (nSPS) is 21.4. The van der Waals surface area contributed by atoms with E-state index in [1.54, 1.807) is 6.07 Å². The van der Waals surface area contributed by atoms with Gasteiger partial charge in [0.25, 0.3) is 5.91 Å². The highest BCUT2D eigenvalue weighted by Crippen LogP contribution is 2.32. The average molecular weight is 315 g/mol. The molecule has 7 heteroatoms. The van der Waals surface area contributed by atoms with Crippen LogP contribution in [-0.4, -0.2) is 43.8 Å². The first-order valence-corrected chi connectivity index (χ1v) is 8.02. The van der Waals surface area contributed by atoms with Crippen molar-refractivity contribution in [1.29, 1.82) is 0 Å². The number of nitrogens with zero attached hydrogens (tertiary/aromatic N) is 5. The van der Waals surface area contributed by atoms with Gasteiger partial charge < -0.3 is 9.32 Å². The topological polar surface area (TPSA) is 85.0 Å². The summed E-state index contributed by atoms with van der Waals surface area (Å²) in [5.74, 6) is 1.34. The predicted octanol–water partition coefficient (Wildman–Crippen LogP) is 2.14. The van der Waals surface area contributed by atoms with Crippen molar-refractivity contribution in [1.82, 2.24) is 25.3 Å². The van der Waals surface area contributed by atoms with Crippen LogP contribution in [0.3, 0.4) is 0 Å². The lowest BCUT2D eigenvalue weighted by Crippen LogP contribution is -2.46. The third kappa shape index (κ3) is 3.09. The zero-order valence-corrected chi connectivity index (χ0v) is 13.7. The van der Waals surface area contributed by atoms with Crippen molar-refractivity contribution in [2.45, 2.75) is 52.0 Å². The highest BCUT2D eigenvalue weighted by Gasteiger charge is 2.35. The summed E-state index contributed by atoms with van der Waals surface area (Å²) in [5.41, 5.74) is 1.31. The van der Waals surface area contributed by atoms with E-state index in [1.165, 1.54) is 6.20 Å². The number of piperidine rings is 1. The van der Waals surface area contributed by atoms with Crippen LogP contribution in [-0.2, 0) is 6.42 Å². The van der Waals surface area contributed by atoms with Crippen LogP contribution >= 0.6 is 0 Å². The average Bonchev–Trinajstić information content (AvgIpc) is 3.03. The fourth-order valence-electron chi connectivity index (χ4n) is 3.08. The van der Waals surface area contributed by atoms with E-state index in [-0.39, 0.29) is 17.9 Å². The van der Waals surface area contributed by atoms with Gasteiger partial charge in [0.2, 0.25) is 11.8 Å². The Labute approximate surface area is 135 Å². The van der Waals surface area contributed by atoms with Crippen molar-refractivity contribution >= 4 is 5.91 Å². The van der Waals surface area contributed by atoms with Gasteiger partial charge in [0.1, 0.15) is 0 Å². The first-order valence-electron chi connectivity index (χ1n) is 8.02. The molecule has 23 heavy (non-hydrogen) atoms. The highest BCUT2D eigenvalue weighted by molar-refractivity contribution is 5.94. The summed E-state index contributed by atoms with van der Waals surface area (Å²) in [4.78, 5) is 14.7. The molecule has 0 bridgehead atoms. The van der Waals surface area contributed by atoms with Crippen molar-refractivity contribution in [3.8, 4) is 0 Å². The maximum Gasteiger partial charge on any atom is 0.255 e. The first kappa shape index (κ1) is 15.6. The summed E-state index contributed by atoms with van der Waals surface area (Å²) in [6.45, 7) is 6.58. The molecule has 0 unspecified atom stereocenters. The van der Waals surface area contributed by atoms with Crippen molar-refractivity contribution in [2.24, 2.45) is 0 Å². The Hall–Kier alpha value is -2.31. The lowest BCUT2D eigenvalue weighted by Gasteiger charge is -2.37. The number of carbonyl (C=O) groups is 1. The van der Waals surface area contributed by atoms with E-state index in [1.807, 2.05) is 25.7 Å². The van der Waals surface area contributed by atoms with Gasteiger partial charge in [-0.3, -0.25) is 4.79 Å². The molecule has 0 aliphatic carbocycles. The molecule has 1 fully saturated rings. The number of carbonyl (C=O) groups excluding carboxylic acids is 1. The summed E-state index contributed by atoms with van der Waals surface area (Å²) in [7, 11) is 0. The minimum absolute atomic E-state index is 0.00915. The Kier molecular flexibility index (Phi) is 4.36. The van der Waals surface area contributed by atoms with Gasteiger partial charge >= 0.3 is 0 Å². The maximum absolute atomic E-state index is 12.8. The Morgan fingerprint density at radius 2 is 2.22 bits per heavy atom. The molecule has 0 saturated carbocycles. The summed E-state index contributed by atoms with van der Waals surface area (Å²) >= 11 is 0. The van der Waals surface area contributed by atoms with Crippen LogP contribution in [0.4, 0.5) is 0 Å². The molecule has 2 aromatic heterocycles. The third-order valence-electron chi connectivity index (χ3n) is 4.37. The second-order valence-corrected chi connectivity index (χ2v) is 5.96. The number of likely N-dealkylation sites (tertiary alicyclic amines) is 1. The molecular formula is C16H21N5O2. The molecule has 0 aromatic carbocycles. The van der Waals surface area contributed by atoms with E-state index in [9.17, 15) is 4.79 Å². The zero-order valence-electron chi connectivity index (χ0n) is 13.7. The van der Waals surface area contributed by atoms with Gasteiger partial charge in [0.05, 0.1) is 23.4 Å². The van der Waals surface area contributed by atoms with Crippen molar-refractivity contribution in [3.05, 3.63) is 35.3 Å². The summed E-state index contributed by atoms with van der Waals surface area (Å²) in [6, 6.07) is 1.78. The number of hydrogen-bond acceptors (Lipinski definition) is 6. The third-order valence-corrected chi connectivity index (χ3v) is 4.37. The lowest BCUT2D eigenvalue weighted by molar-refractivity contribution is 0.0581. The van der Waals surface area contributed by atoms with Crippen LogP contribution in [0, 0.1) is 6.92 Å². The summed E-state index contributed by atoms with van der Waals surface area (Å²) in [6.07, 6.45) is 4.11. The van der Waals surface area contributed by atoms with Gasteiger partial charge in [-0.15, -0.1) is 10.2 Å².